The Bertz CT molecular complexity index is 888. The summed E-state index contributed by atoms with van der Waals surface area (Å²) in [5, 5.41) is 11.4. The lowest BCUT2D eigenvalue weighted by Gasteiger charge is -1.98. The van der Waals surface area contributed by atoms with E-state index < -0.39 is 11.7 Å². The summed E-state index contributed by atoms with van der Waals surface area (Å²) < 4.78 is 19.9. The van der Waals surface area contributed by atoms with Gasteiger partial charge in [-0.05, 0) is 13.0 Å². The SMILES string of the molecule is C=CCSc1nnc(NC(=O)c2oc3c(F)cccc3c2C)s1. The zero-order valence-electron chi connectivity index (χ0n) is 12.1. The minimum atomic E-state index is -0.497. The van der Waals surface area contributed by atoms with Gasteiger partial charge >= 0.3 is 0 Å². The van der Waals surface area contributed by atoms with Crippen LogP contribution in [0.1, 0.15) is 16.1 Å². The zero-order valence-corrected chi connectivity index (χ0v) is 13.8. The van der Waals surface area contributed by atoms with Crippen molar-refractivity contribution >= 4 is 45.1 Å². The Morgan fingerprint density at radius 2 is 2.35 bits per heavy atom. The van der Waals surface area contributed by atoms with Crippen molar-refractivity contribution in [2.75, 3.05) is 11.1 Å². The number of furan rings is 1. The number of anilines is 1. The highest BCUT2D eigenvalue weighted by Crippen LogP contribution is 2.29. The zero-order chi connectivity index (χ0) is 16.4. The average Bonchev–Trinajstić information content (AvgIpc) is 3.11. The highest BCUT2D eigenvalue weighted by molar-refractivity contribution is 8.01. The molecule has 1 amide bonds. The fourth-order valence-electron chi connectivity index (χ4n) is 2.03. The van der Waals surface area contributed by atoms with Gasteiger partial charge in [0.2, 0.25) is 5.13 Å². The molecule has 3 rings (SSSR count). The van der Waals surface area contributed by atoms with Crippen LogP contribution in [-0.2, 0) is 0 Å². The van der Waals surface area contributed by atoms with Gasteiger partial charge in [-0.2, -0.15) is 0 Å². The molecule has 5 nitrogen and oxygen atoms in total. The number of carbonyl (C=O) groups is 1. The highest BCUT2D eigenvalue weighted by Gasteiger charge is 2.20. The summed E-state index contributed by atoms with van der Waals surface area (Å²) in [6, 6.07) is 4.58. The molecule has 2 aromatic heterocycles. The van der Waals surface area contributed by atoms with Gasteiger partial charge in [-0.3, -0.25) is 10.1 Å². The molecule has 0 aliphatic carbocycles. The van der Waals surface area contributed by atoms with Crippen molar-refractivity contribution in [2.45, 2.75) is 11.3 Å². The molecule has 23 heavy (non-hydrogen) atoms. The van der Waals surface area contributed by atoms with Crippen LogP contribution in [0, 0.1) is 12.7 Å². The van der Waals surface area contributed by atoms with Crippen LogP contribution < -0.4 is 5.32 Å². The second-order valence-electron chi connectivity index (χ2n) is 4.60. The van der Waals surface area contributed by atoms with Crippen LogP contribution in [0.4, 0.5) is 9.52 Å². The second kappa shape index (κ2) is 6.51. The van der Waals surface area contributed by atoms with Crippen molar-refractivity contribution in [1.82, 2.24) is 10.2 Å². The summed E-state index contributed by atoms with van der Waals surface area (Å²) in [4.78, 5) is 12.3. The molecule has 3 aromatic rings. The summed E-state index contributed by atoms with van der Waals surface area (Å²) in [6.45, 7) is 5.34. The van der Waals surface area contributed by atoms with E-state index >= 15 is 0 Å². The number of thioether (sulfide) groups is 1. The average molecular weight is 349 g/mol. The second-order valence-corrected chi connectivity index (χ2v) is 6.84. The van der Waals surface area contributed by atoms with E-state index in [4.69, 9.17) is 4.42 Å². The summed E-state index contributed by atoms with van der Waals surface area (Å²) in [6.07, 6.45) is 1.76. The summed E-state index contributed by atoms with van der Waals surface area (Å²) in [5.74, 6) is -0.191. The van der Waals surface area contributed by atoms with Gasteiger partial charge in [0.25, 0.3) is 5.91 Å². The van der Waals surface area contributed by atoms with E-state index in [-0.39, 0.29) is 11.3 Å². The molecule has 0 bridgehead atoms. The minimum absolute atomic E-state index is 0.0700. The van der Waals surface area contributed by atoms with Crippen LogP contribution in [0.5, 0.6) is 0 Å². The molecule has 0 radical (unpaired) electrons. The van der Waals surface area contributed by atoms with E-state index in [9.17, 15) is 9.18 Å². The Labute approximate surface area is 139 Å². The molecule has 0 aliphatic heterocycles. The van der Waals surface area contributed by atoms with Gasteiger partial charge in [0.15, 0.2) is 21.5 Å². The first kappa shape index (κ1) is 15.7. The number of carbonyl (C=O) groups excluding carboxylic acids is 1. The largest absolute Gasteiger partial charge is 0.448 e. The van der Waals surface area contributed by atoms with Gasteiger partial charge in [0.05, 0.1) is 0 Å². The number of halogens is 1. The number of aryl methyl sites for hydroxylation is 1. The molecule has 8 heteroatoms. The van der Waals surface area contributed by atoms with Gasteiger partial charge in [0, 0.05) is 16.7 Å². The Hall–Kier alpha value is -2.19. The summed E-state index contributed by atoms with van der Waals surface area (Å²) in [7, 11) is 0. The van der Waals surface area contributed by atoms with E-state index in [0.29, 0.717) is 21.8 Å². The number of aromatic nitrogens is 2. The predicted molar refractivity (Wildman–Crippen MR) is 89.7 cm³/mol. The van der Waals surface area contributed by atoms with Gasteiger partial charge in [-0.15, -0.1) is 16.8 Å². The Morgan fingerprint density at radius 1 is 1.52 bits per heavy atom. The monoisotopic (exact) mass is 349 g/mol. The first-order valence-corrected chi connectivity index (χ1v) is 8.46. The third-order valence-corrected chi connectivity index (χ3v) is 5.04. The van der Waals surface area contributed by atoms with Gasteiger partial charge in [-0.25, -0.2) is 4.39 Å². The molecular weight excluding hydrogens is 337 g/mol. The maximum Gasteiger partial charge on any atom is 0.293 e. The Balaban J connectivity index is 1.83. The fourth-order valence-corrected chi connectivity index (χ4v) is 3.54. The van der Waals surface area contributed by atoms with Crippen LogP contribution in [0.15, 0.2) is 39.6 Å². The van der Waals surface area contributed by atoms with Crippen LogP contribution in [0.3, 0.4) is 0 Å². The molecule has 0 spiro atoms. The van der Waals surface area contributed by atoms with Crippen molar-refractivity contribution in [1.29, 1.82) is 0 Å². The number of amides is 1. The summed E-state index contributed by atoms with van der Waals surface area (Å²) in [5.41, 5.74) is 0.664. The number of fused-ring (bicyclic) bond motifs is 1. The lowest BCUT2D eigenvalue weighted by molar-refractivity contribution is 0.0997. The summed E-state index contributed by atoms with van der Waals surface area (Å²) >= 11 is 2.73. The van der Waals surface area contributed by atoms with Crippen LogP contribution >= 0.6 is 23.1 Å². The van der Waals surface area contributed by atoms with Gasteiger partial charge in [-0.1, -0.05) is 41.3 Å². The van der Waals surface area contributed by atoms with Crippen molar-refractivity contribution in [3.05, 3.63) is 48.0 Å². The van der Waals surface area contributed by atoms with Gasteiger partial charge < -0.3 is 4.42 Å². The van der Waals surface area contributed by atoms with Crippen molar-refractivity contribution in [3.8, 4) is 0 Å². The maximum absolute atomic E-state index is 13.7. The molecule has 0 saturated carbocycles. The minimum Gasteiger partial charge on any atom is -0.448 e. The lowest BCUT2D eigenvalue weighted by Crippen LogP contribution is -2.11. The molecule has 0 fully saturated rings. The number of para-hydroxylation sites is 1. The predicted octanol–water partition coefficient (Wildman–Crippen LogP) is 4.26. The lowest BCUT2D eigenvalue weighted by atomic mass is 10.1. The Kier molecular flexibility index (Phi) is 4.44. The van der Waals surface area contributed by atoms with E-state index in [2.05, 4.69) is 22.1 Å². The highest BCUT2D eigenvalue weighted by atomic mass is 32.2. The van der Waals surface area contributed by atoms with Gasteiger partial charge in [0.1, 0.15) is 0 Å². The third-order valence-electron chi connectivity index (χ3n) is 3.07. The molecular formula is C15H12FN3O2S2. The van der Waals surface area contributed by atoms with Crippen LogP contribution in [-0.4, -0.2) is 21.9 Å². The number of rotatable bonds is 5. The molecule has 2 heterocycles. The van der Waals surface area contributed by atoms with Crippen molar-refractivity contribution in [2.24, 2.45) is 0 Å². The van der Waals surface area contributed by atoms with Crippen molar-refractivity contribution in [3.63, 3.8) is 0 Å². The molecule has 118 valence electrons. The Morgan fingerprint density at radius 3 is 3.09 bits per heavy atom. The fraction of sp³-hybridized carbons (Fsp3) is 0.133. The van der Waals surface area contributed by atoms with E-state index in [1.807, 2.05) is 0 Å². The molecule has 1 aromatic carbocycles. The van der Waals surface area contributed by atoms with Crippen LogP contribution in [0.25, 0.3) is 11.0 Å². The molecule has 0 unspecified atom stereocenters. The number of hydrogen-bond donors (Lipinski definition) is 1. The topological polar surface area (TPSA) is 68.0 Å². The van der Waals surface area contributed by atoms with E-state index in [1.54, 1.807) is 25.1 Å². The normalized spacial score (nSPS) is 10.9. The standard InChI is InChI=1S/C15H12FN3O2S2/c1-3-7-22-15-19-18-14(23-15)17-13(20)11-8(2)9-5-4-6-10(16)12(9)21-11/h3-6H,1,7H2,2H3,(H,17,18,20). The van der Waals surface area contributed by atoms with Crippen molar-refractivity contribution < 1.29 is 13.6 Å². The number of nitrogens with zero attached hydrogens (tertiary/aromatic N) is 2. The number of benzene rings is 1. The molecule has 0 saturated heterocycles. The first-order chi connectivity index (χ1) is 11.1. The first-order valence-electron chi connectivity index (χ1n) is 6.66. The molecule has 1 N–H and O–H groups in total. The quantitative estimate of drug-likeness (QED) is 0.423. The molecule has 0 aliphatic rings. The third kappa shape index (κ3) is 3.13. The molecule has 0 atom stereocenters. The van der Waals surface area contributed by atoms with E-state index in [0.717, 1.165) is 4.34 Å². The van der Waals surface area contributed by atoms with Crippen LogP contribution in [0.2, 0.25) is 0 Å². The maximum atomic E-state index is 13.7. The van der Waals surface area contributed by atoms with E-state index in [1.165, 1.54) is 29.2 Å². The smallest absolute Gasteiger partial charge is 0.293 e. The number of hydrogen-bond acceptors (Lipinski definition) is 6. The number of nitrogens with one attached hydrogen (secondary N) is 1.